The molecule has 102 valence electrons. The van der Waals surface area contributed by atoms with Gasteiger partial charge < -0.3 is 5.11 Å². The molecular weight excluding hydrogens is 268 g/mol. The lowest BCUT2D eigenvalue weighted by atomic mass is 10.2. The molecule has 0 fully saturated rings. The van der Waals surface area contributed by atoms with Crippen LogP contribution in [0.4, 0.5) is 0 Å². The predicted octanol–water partition coefficient (Wildman–Crippen LogP) is 1.09. The molecule has 0 spiro atoms. The number of aliphatic carboxylic acids is 1. The Labute approximate surface area is 111 Å². The van der Waals surface area contributed by atoms with E-state index < -0.39 is 16.0 Å². The topological polar surface area (TPSA) is 107 Å². The van der Waals surface area contributed by atoms with E-state index in [2.05, 4.69) is 4.72 Å². The van der Waals surface area contributed by atoms with Gasteiger partial charge in [-0.1, -0.05) is 0 Å². The van der Waals surface area contributed by atoms with Crippen molar-refractivity contribution in [3.63, 3.8) is 0 Å². The monoisotopic (exact) mass is 282 g/mol. The van der Waals surface area contributed by atoms with Crippen LogP contribution in [0.5, 0.6) is 0 Å². The van der Waals surface area contributed by atoms with Crippen LogP contribution < -0.4 is 4.72 Å². The Morgan fingerprint density at radius 3 is 2.42 bits per heavy atom. The number of nitriles is 1. The highest BCUT2D eigenvalue weighted by molar-refractivity contribution is 7.89. The average Bonchev–Trinajstić information content (AvgIpc) is 2.38. The van der Waals surface area contributed by atoms with Crippen molar-refractivity contribution >= 4 is 16.0 Å². The highest BCUT2D eigenvalue weighted by Gasteiger charge is 2.12. The van der Waals surface area contributed by atoms with Crippen molar-refractivity contribution < 1.29 is 18.3 Å². The summed E-state index contributed by atoms with van der Waals surface area (Å²) >= 11 is 0. The Balaban J connectivity index is 2.51. The Morgan fingerprint density at radius 1 is 1.26 bits per heavy atom. The number of rotatable bonds is 7. The van der Waals surface area contributed by atoms with Gasteiger partial charge in [0.05, 0.1) is 16.5 Å². The van der Waals surface area contributed by atoms with Crippen LogP contribution in [-0.4, -0.2) is 26.0 Å². The number of carboxylic acids is 1. The van der Waals surface area contributed by atoms with Crippen LogP contribution in [-0.2, 0) is 14.8 Å². The van der Waals surface area contributed by atoms with Gasteiger partial charge in [0.25, 0.3) is 0 Å². The molecule has 0 aromatic heterocycles. The Morgan fingerprint density at radius 2 is 1.89 bits per heavy atom. The average molecular weight is 282 g/mol. The first-order valence-corrected chi connectivity index (χ1v) is 7.15. The van der Waals surface area contributed by atoms with E-state index in [1.165, 1.54) is 24.3 Å². The predicted molar refractivity (Wildman–Crippen MR) is 67.8 cm³/mol. The highest BCUT2D eigenvalue weighted by atomic mass is 32.2. The number of carboxylic acid groups (broad SMARTS) is 1. The molecule has 1 aromatic carbocycles. The van der Waals surface area contributed by atoms with Gasteiger partial charge in [0, 0.05) is 13.0 Å². The molecule has 0 atom stereocenters. The van der Waals surface area contributed by atoms with Crippen LogP contribution in [0.1, 0.15) is 24.8 Å². The van der Waals surface area contributed by atoms with Gasteiger partial charge in [-0.05, 0) is 37.1 Å². The van der Waals surface area contributed by atoms with Crippen molar-refractivity contribution in [2.75, 3.05) is 6.54 Å². The van der Waals surface area contributed by atoms with E-state index in [1.54, 1.807) is 0 Å². The Bertz CT molecular complexity index is 573. The normalized spacial score (nSPS) is 10.9. The Kier molecular flexibility index (Phi) is 5.48. The summed E-state index contributed by atoms with van der Waals surface area (Å²) < 4.78 is 26.0. The van der Waals surface area contributed by atoms with E-state index >= 15 is 0 Å². The van der Waals surface area contributed by atoms with E-state index in [4.69, 9.17) is 10.4 Å². The number of hydrogen-bond donors (Lipinski definition) is 2. The van der Waals surface area contributed by atoms with Crippen molar-refractivity contribution in [2.45, 2.75) is 24.2 Å². The second kappa shape index (κ2) is 6.87. The van der Waals surface area contributed by atoms with Crippen LogP contribution in [0.15, 0.2) is 29.2 Å². The smallest absolute Gasteiger partial charge is 0.303 e. The van der Waals surface area contributed by atoms with Crippen molar-refractivity contribution in [1.82, 2.24) is 4.72 Å². The third-order valence-electron chi connectivity index (χ3n) is 2.40. The molecule has 0 aliphatic carbocycles. The quantitative estimate of drug-likeness (QED) is 0.728. The summed E-state index contributed by atoms with van der Waals surface area (Å²) in [6.07, 6.45) is 0.908. The van der Waals surface area contributed by atoms with Crippen molar-refractivity contribution in [2.24, 2.45) is 0 Å². The summed E-state index contributed by atoms with van der Waals surface area (Å²) in [5.41, 5.74) is 0.389. The molecule has 0 radical (unpaired) electrons. The van der Waals surface area contributed by atoms with Crippen LogP contribution in [0.3, 0.4) is 0 Å². The number of nitrogens with zero attached hydrogens (tertiary/aromatic N) is 1. The minimum atomic E-state index is -3.59. The van der Waals surface area contributed by atoms with Crippen molar-refractivity contribution in [3.8, 4) is 6.07 Å². The summed E-state index contributed by atoms with van der Waals surface area (Å²) in [4.78, 5) is 10.4. The SMILES string of the molecule is N#Cc1ccc(S(=O)(=O)NCCCCC(=O)O)cc1. The summed E-state index contributed by atoms with van der Waals surface area (Å²) in [5.74, 6) is -0.894. The van der Waals surface area contributed by atoms with E-state index in [9.17, 15) is 13.2 Å². The molecule has 1 aromatic rings. The first-order chi connectivity index (χ1) is 8.95. The number of hydrogen-bond acceptors (Lipinski definition) is 4. The number of unbranched alkanes of at least 4 members (excludes halogenated alkanes) is 1. The number of carbonyl (C=O) groups is 1. The third-order valence-corrected chi connectivity index (χ3v) is 3.88. The van der Waals surface area contributed by atoms with Gasteiger partial charge in [0.15, 0.2) is 0 Å². The molecule has 2 N–H and O–H groups in total. The van der Waals surface area contributed by atoms with E-state index in [1.807, 2.05) is 6.07 Å². The zero-order valence-electron chi connectivity index (χ0n) is 10.2. The minimum absolute atomic E-state index is 0.0264. The molecule has 0 aliphatic heterocycles. The van der Waals surface area contributed by atoms with Gasteiger partial charge in [-0.15, -0.1) is 0 Å². The van der Waals surface area contributed by atoms with Gasteiger partial charge in [0.1, 0.15) is 0 Å². The summed E-state index contributed by atoms with van der Waals surface area (Å²) in [5, 5.41) is 17.0. The summed E-state index contributed by atoms with van der Waals surface area (Å²) in [6, 6.07) is 7.48. The van der Waals surface area contributed by atoms with E-state index in [-0.39, 0.29) is 17.9 Å². The van der Waals surface area contributed by atoms with Crippen LogP contribution in [0, 0.1) is 11.3 Å². The maximum absolute atomic E-state index is 11.8. The largest absolute Gasteiger partial charge is 0.481 e. The van der Waals surface area contributed by atoms with Gasteiger partial charge in [-0.3, -0.25) is 4.79 Å². The lowest BCUT2D eigenvalue weighted by Crippen LogP contribution is -2.24. The van der Waals surface area contributed by atoms with Crippen molar-refractivity contribution in [1.29, 1.82) is 5.26 Å². The second-order valence-corrected chi connectivity index (χ2v) is 5.65. The molecule has 1 rings (SSSR count). The van der Waals surface area contributed by atoms with Crippen LogP contribution >= 0.6 is 0 Å². The molecule has 0 bridgehead atoms. The zero-order valence-corrected chi connectivity index (χ0v) is 11.0. The lowest BCUT2D eigenvalue weighted by Gasteiger charge is -2.06. The molecule has 6 nitrogen and oxygen atoms in total. The van der Waals surface area contributed by atoms with Gasteiger partial charge in [0.2, 0.25) is 10.0 Å². The Hall–Kier alpha value is -1.91. The van der Waals surface area contributed by atoms with Crippen LogP contribution in [0.25, 0.3) is 0 Å². The molecule has 7 heteroatoms. The van der Waals surface area contributed by atoms with Crippen molar-refractivity contribution in [3.05, 3.63) is 29.8 Å². The fourth-order valence-electron chi connectivity index (χ4n) is 1.40. The maximum Gasteiger partial charge on any atom is 0.303 e. The maximum atomic E-state index is 11.8. The molecule has 0 amide bonds. The first kappa shape index (κ1) is 15.1. The number of nitrogens with one attached hydrogen (secondary N) is 1. The highest BCUT2D eigenvalue weighted by Crippen LogP contribution is 2.10. The second-order valence-electron chi connectivity index (χ2n) is 3.88. The fraction of sp³-hybridized carbons (Fsp3) is 0.333. The summed E-state index contributed by atoms with van der Waals surface area (Å²) in [7, 11) is -3.59. The molecule has 0 aliphatic rings. The molecule has 0 saturated carbocycles. The van der Waals surface area contributed by atoms with Gasteiger partial charge >= 0.3 is 5.97 Å². The number of benzene rings is 1. The summed E-state index contributed by atoms with van der Waals surface area (Å²) in [6.45, 7) is 0.190. The molecule has 0 heterocycles. The molecule has 0 saturated heterocycles. The van der Waals surface area contributed by atoms with E-state index in [0.717, 1.165) is 0 Å². The van der Waals surface area contributed by atoms with Gasteiger partial charge in [-0.2, -0.15) is 5.26 Å². The minimum Gasteiger partial charge on any atom is -0.481 e. The first-order valence-electron chi connectivity index (χ1n) is 5.67. The molecule has 19 heavy (non-hydrogen) atoms. The van der Waals surface area contributed by atoms with Gasteiger partial charge in [-0.25, -0.2) is 13.1 Å². The standard InChI is InChI=1S/C12H14N2O4S/c13-9-10-4-6-11(7-5-10)19(17,18)14-8-2-1-3-12(15)16/h4-7,14H,1-3,8H2,(H,15,16). The molecular formula is C12H14N2O4S. The van der Waals surface area contributed by atoms with E-state index in [0.29, 0.717) is 18.4 Å². The fourth-order valence-corrected chi connectivity index (χ4v) is 2.47. The van der Waals surface area contributed by atoms with Crippen LogP contribution in [0.2, 0.25) is 0 Å². The zero-order chi connectivity index (χ0) is 14.3. The lowest BCUT2D eigenvalue weighted by molar-refractivity contribution is -0.137. The third kappa shape index (κ3) is 5.07. The molecule has 0 unspecified atom stereocenters. The number of sulfonamides is 1.